The zero-order valence-corrected chi connectivity index (χ0v) is 12.9. The summed E-state index contributed by atoms with van der Waals surface area (Å²) in [7, 11) is 0. The number of aliphatic carboxylic acids is 1. The van der Waals surface area contributed by atoms with Gasteiger partial charge in [-0.15, -0.1) is 0 Å². The van der Waals surface area contributed by atoms with Gasteiger partial charge >= 0.3 is 5.97 Å². The predicted molar refractivity (Wildman–Crippen MR) is 79.5 cm³/mol. The number of carboxylic acid groups (broad SMARTS) is 1. The van der Waals surface area contributed by atoms with Crippen LogP contribution in [0.4, 0.5) is 0 Å². The molecule has 0 heterocycles. The number of carboxylic acids is 1. The first-order valence-electron chi connectivity index (χ1n) is 7.98. The molecule has 1 fully saturated rings. The Hall–Kier alpha value is -1.06. The molecule has 1 N–H and O–H groups in total. The van der Waals surface area contributed by atoms with Crippen LogP contribution in [-0.4, -0.2) is 35.0 Å². The largest absolute Gasteiger partial charge is 0.481 e. The summed E-state index contributed by atoms with van der Waals surface area (Å²) in [6.45, 7) is 5.12. The maximum absolute atomic E-state index is 12.3. The summed E-state index contributed by atoms with van der Waals surface area (Å²) in [6, 6.07) is 0. The van der Waals surface area contributed by atoms with Crippen LogP contribution < -0.4 is 0 Å². The summed E-state index contributed by atoms with van der Waals surface area (Å²) in [5.41, 5.74) is 0. The molecule has 0 bridgehead atoms. The van der Waals surface area contributed by atoms with Gasteiger partial charge in [-0.05, 0) is 18.3 Å². The van der Waals surface area contributed by atoms with Crippen LogP contribution in [0.15, 0.2) is 0 Å². The monoisotopic (exact) mass is 283 g/mol. The van der Waals surface area contributed by atoms with E-state index in [2.05, 4.69) is 13.8 Å². The molecule has 0 aromatic carbocycles. The Labute approximate surface area is 122 Å². The lowest BCUT2D eigenvalue weighted by atomic mass is 9.86. The number of nitrogens with zero attached hydrogens (tertiary/aromatic N) is 1. The van der Waals surface area contributed by atoms with E-state index in [1.54, 1.807) is 4.90 Å². The minimum Gasteiger partial charge on any atom is -0.481 e. The minimum absolute atomic E-state index is 0.0435. The Bertz CT molecular complexity index is 309. The highest BCUT2D eigenvalue weighted by Crippen LogP contribution is 2.27. The van der Waals surface area contributed by atoms with Crippen molar-refractivity contribution in [2.24, 2.45) is 11.8 Å². The van der Waals surface area contributed by atoms with Crippen LogP contribution in [0.2, 0.25) is 0 Å². The summed E-state index contributed by atoms with van der Waals surface area (Å²) in [5, 5.41) is 8.77. The fourth-order valence-corrected chi connectivity index (χ4v) is 2.95. The van der Waals surface area contributed by atoms with Gasteiger partial charge in [0.2, 0.25) is 5.91 Å². The van der Waals surface area contributed by atoms with Crippen molar-refractivity contribution in [3.05, 3.63) is 0 Å². The number of hydrogen-bond acceptors (Lipinski definition) is 2. The van der Waals surface area contributed by atoms with Crippen LogP contribution in [0, 0.1) is 11.8 Å². The molecule has 116 valence electrons. The van der Waals surface area contributed by atoms with E-state index in [4.69, 9.17) is 5.11 Å². The van der Waals surface area contributed by atoms with Gasteiger partial charge in [-0.25, -0.2) is 0 Å². The Kier molecular flexibility index (Phi) is 7.63. The van der Waals surface area contributed by atoms with Crippen LogP contribution in [-0.2, 0) is 9.59 Å². The molecule has 0 atom stereocenters. The smallest absolute Gasteiger partial charge is 0.305 e. The van der Waals surface area contributed by atoms with Gasteiger partial charge in [0.05, 0.1) is 6.42 Å². The van der Waals surface area contributed by atoms with Gasteiger partial charge in [0.25, 0.3) is 0 Å². The van der Waals surface area contributed by atoms with E-state index in [9.17, 15) is 9.59 Å². The Balaban J connectivity index is 2.38. The molecule has 0 aromatic rings. The highest BCUT2D eigenvalue weighted by Gasteiger charge is 2.19. The average molecular weight is 283 g/mol. The molecule has 20 heavy (non-hydrogen) atoms. The summed E-state index contributed by atoms with van der Waals surface area (Å²) in [5.74, 6) is 0.375. The van der Waals surface area contributed by atoms with E-state index in [0.717, 1.165) is 6.42 Å². The maximum atomic E-state index is 12.3. The van der Waals surface area contributed by atoms with E-state index in [0.29, 0.717) is 31.3 Å². The Morgan fingerprint density at radius 1 is 1.15 bits per heavy atom. The maximum Gasteiger partial charge on any atom is 0.305 e. The molecule has 1 saturated carbocycles. The molecule has 0 aliphatic heterocycles. The predicted octanol–water partition coefficient (Wildman–Crippen LogP) is 3.31. The third-order valence-electron chi connectivity index (χ3n) is 4.03. The molecule has 4 nitrogen and oxygen atoms in total. The van der Waals surface area contributed by atoms with Crippen LogP contribution >= 0.6 is 0 Å². The number of carbonyl (C=O) groups excluding carboxylic acids is 1. The van der Waals surface area contributed by atoms with Crippen molar-refractivity contribution in [2.75, 3.05) is 13.1 Å². The van der Waals surface area contributed by atoms with E-state index in [-0.39, 0.29) is 12.3 Å². The minimum atomic E-state index is -0.834. The van der Waals surface area contributed by atoms with E-state index in [1.807, 2.05) is 0 Å². The summed E-state index contributed by atoms with van der Waals surface area (Å²) in [4.78, 5) is 24.7. The van der Waals surface area contributed by atoms with Crippen molar-refractivity contribution in [3.63, 3.8) is 0 Å². The SMILES string of the molecule is CC(C)CN(CCC(=O)O)C(=O)CCC1CCCCC1. The number of hydrogen-bond donors (Lipinski definition) is 1. The van der Waals surface area contributed by atoms with Gasteiger partial charge in [0, 0.05) is 19.5 Å². The Morgan fingerprint density at radius 2 is 1.80 bits per heavy atom. The molecule has 0 spiro atoms. The molecular formula is C16H29NO3. The zero-order chi connectivity index (χ0) is 15.0. The molecule has 0 radical (unpaired) electrons. The van der Waals surface area contributed by atoms with Gasteiger partial charge in [0.15, 0.2) is 0 Å². The van der Waals surface area contributed by atoms with Crippen molar-refractivity contribution in [2.45, 2.75) is 65.2 Å². The normalized spacial score (nSPS) is 16.4. The summed E-state index contributed by atoms with van der Waals surface area (Å²) in [6.07, 6.45) is 8.04. The second-order valence-corrected chi connectivity index (χ2v) is 6.42. The van der Waals surface area contributed by atoms with Gasteiger partial charge in [-0.2, -0.15) is 0 Å². The lowest BCUT2D eigenvalue weighted by Gasteiger charge is -2.26. The standard InChI is InChI=1S/C16H29NO3/c1-13(2)12-17(11-10-16(19)20)15(18)9-8-14-6-4-3-5-7-14/h13-14H,3-12H2,1-2H3,(H,19,20). The topological polar surface area (TPSA) is 57.6 Å². The number of rotatable bonds is 8. The van der Waals surface area contributed by atoms with Crippen molar-refractivity contribution in [1.82, 2.24) is 4.90 Å². The lowest BCUT2D eigenvalue weighted by Crippen LogP contribution is -2.36. The first kappa shape index (κ1) is 17.0. The average Bonchev–Trinajstić information content (AvgIpc) is 2.41. The van der Waals surface area contributed by atoms with Gasteiger partial charge < -0.3 is 10.0 Å². The second-order valence-electron chi connectivity index (χ2n) is 6.42. The quantitative estimate of drug-likeness (QED) is 0.743. The highest BCUT2D eigenvalue weighted by molar-refractivity contribution is 5.77. The summed E-state index contributed by atoms with van der Waals surface area (Å²) < 4.78 is 0. The van der Waals surface area contributed by atoms with Crippen LogP contribution in [0.3, 0.4) is 0 Å². The van der Waals surface area contributed by atoms with Crippen molar-refractivity contribution in [3.8, 4) is 0 Å². The fraction of sp³-hybridized carbons (Fsp3) is 0.875. The molecule has 4 heteroatoms. The second kappa shape index (κ2) is 8.98. The summed E-state index contributed by atoms with van der Waals surface area (Å²) >= 11 is 0. The van der Waals surface area contributed by atoms with Crippen molar-refractivity contribution < 1.29 is 14.7 Å². The highest BCUT2D eigenvalue weighted by atomic mass is 16.4. The molecule has 1 aliphatic carbocycles. The molecule has 1 aliphatic rings. The van der Waals surface area contributed by atoms with Crippen molar-refractivity contribution >= 4 is 11.9 Å². The van der Waals surface area contributed by atoms with Crippen LogP contribution in [0.1, 0.15) is 65.2 Å². The third kappa shape index (κ3) is 6.92. The molecule has 1 amide bonds. The molecule has 1 rings (SSSR count). The van der Waals surface area contributed by atoms with E-state index >= 15 is 0 Å². The lowest BCUT2D eigenvalue weighted by molar-refractivity contribution is -0.138. The van der Waals surface area contributed by atoms with Crippen LogP contribution in [0.25, 0.3) is 0 Å². The molecule has 0 saturated heterocycles. The zero-order valence-electron chi connectivity index (χ0n) is 12.9. The van der Waals surface area contributed by atoms with E-state index < -0.39 is 5.97 Å². The van der Waals surface area contributed by atoms with Crippen molar-refractivity contribution in [1.29, 1.82) is 0 Å². The van der Waals surface area contributed by atoms with Gasteiger partial charge in [0.1, 0.15) is 0 Å². The first-order chi connectivity index (χ1) is 9.49. The Morgan fingerprint density at radius 3 is 2.35 bits per heavy atom. The number of carbonyl (C=O) groups is 2. The first-order valence-corrected chi connectivity index (χ1v) is 7.98. The third-order valence-corrected chi connectivity index (χ3v) is 4.03. The molecular weight excluding hydrogens is 254 g/mol. The molecule has 0 unspecified atom stereocenters. The van der Waals surface area contributed by atoms with Gasteiger partial charge in [-0.1, -0.05) is 46.0 Å². The van der Waals surface area contributed by atoms with E-state index in [1.165, 1.54) is 32.1 Å². The number of amides is 1. The fourth-order valence-electron chi connectivity index (χ4n) is 2.95. The van der Waals surface area contributed by atoms with Gasteiger partial charge in [-0.3, -0.25) is 9.59 Å². The van der Waals surface area contributed by atoms with Crippen LogP contribution in [0.5, 0.6) is 0 Å². The molecule has 0 aromatic heterocycles.